The van der Waals surface area contributed by atoms with E-state index in [1.165, 1.54) is 0 Å². The van der Waals surface area contributed by atoms with E-state index in [1.54, 1.807) is 0 Å². The fraction of sp³-hybridized carbons (Fsp3) is 0.588. The molecule has 1 heterocycles. The van der Waals surface area contributed by atoms with Gasteiger partial charge in [0, 0.05) is 18.4 Å². The average Bonchev–Trinajstić information content (AvgIpc) is 2.90. The van der Waals surface area contributed by atoms with Crippen LogP contribution in [0.2, 0.25) is 0 Å². The van der Waals surface area contributed by atoms with Gasteiger partial charge in [0.15, 0.2) is 11.5 Å². The van der Waals surface area contributed by atoms with Gasteiger partial charge in [-0.1, -0.05) is 33.8 Å². The minimum atomic E-state index is -0.144. The summed E-state index contributed by atoms with van der Waals surface area (Å²) in [5, 5.41) is 3.03. The van der Waals surface area contributed by atoms with Crippen molar-refractivity contribution >= 4 is 5.91 Å². The van der Waals surface area contributed by atoms with Gasteiger partial charge in [-0.2, -0.15) is 0 Å². The number of amides is 1. The van der Waals surface area contributed by atoms with Crippen LogP contribution in [0.3, 0.4) is 0 Å². The van der Waals surface area contributed by atoms with Gasteiger partial charge in [0.1, 0.15) is 0 Å². The van der Waals surface area contributed by atoms with E-state index in [1.807, 2.05) is 18.2 Å². The standard InChI is InChI=1S/C17H25NO3/c1-12(2)5-8-16(19)18-10-17(3,4)13-6-7-14-15(9-13)21-11-20-14/h6-7,9,12H,5,8,10-11H2,1-4H3,(H,18,19). The Morgan fingerprint density at radius 2 is 2.00 bits per heavy atom. The van der Waals surface area contributed by atoms with Gasteiger partial charge < -0.3 is 14.8 Å². The number of hydrogen-bond acceptors (Lipinski definition) is 3. The Bertz CT molecular complexity index is 509. The number of nitrogens with one attached hydrogen (secondary N) is 1. The van der Waals surface area contributed by atoms with Gasteiger partial charge in [-0.25, -0.2) is 0 Å². The first kappa shape index (κ1) is 15.7. The monoisotopic (exact) mass is 291 g/mol. The first-order chi connectivity index (χ1) is 9.88. The van der Waals surface area contributed by atoms with Crippen LogP contribution in [-0.2, 0) is 10.2 Å². The molecule has 0 saturated carbocycles. The fourth-order valence-electron chi connectivity index (χ4n) is 2.25. The van der Waals surface area contributed by atoms with Gasteiger partial charge in [0.2, 0.25) is 12.7 Å². The van der Waals surface area contributed by atoms with Crippen LogP contribution >= 0.6 is 0 Å². The maximum atomic E-state index is 11.9. The molecule has 0 aromatic heterocycles. The molecule has 0 fully saturated rings. The van der Waals surface area contributed by atoms with E-state index in [0.29, 0.717) is 18.9 Å². The number of benzene rings is 1. The van der Waals surface area contributed by atoms with Crippen LogP contribution < -0.4 is 14.8 Å². The van der Waals surface area contributed by atoms with Crippen molar-refractivity contribution < 1.29 is 14.3 Å². The van der Waals surface area contributed by atoms with Crippen molar-refractivity contribution in [3.8, 4) is 11.5 Å². The zero-order valence-corrected chi connectivity index (χ0v) is 13.4. The van der Waals surface area contributed by atoms with Crippen molar-refractivity contribution in [3.05, 3.63) is 23.8 Å². The van der Waals surface area contributed by atoms with Gasteiger partial charge in [-0.3, -0.25) is 4.79 Å². The molecule has 1 aromatic rings. The molecule has 1 aliphatic heterocycles. The molecule has 1 N–H and O–H groups in total. The highest BCUT2D eigenvalue weighted by Crippen LogP contribution is 2.36. The number of ether oxygens (including phenoxy) is 2. The number of fused-ring (bicyclic) bond motifs is 1. The molecule has 0 spiro atoms. The van der Waals surface area contributed by atoms with Gasteiger partial charge in [0.25, 0.3) is 0 Å². The Hall–Kier alpha value is -1.71. The van der Waals surface area contributed by atoms with Crippen molar-refractivity contribution in [2.75, 3.05) is 13.3 Å². The Kier molecular flexibility index (Phi) is 4.76. The smallest absolute Gasteiger partial charge is 0.231 e. The maximum Gasteiger partial charge on any atom is 0.231 e. The summed E-state index contributed by atoms with van der Waals surface area (Å²) in [6.07, 6.45) is 1.52. The van der Waals surface area contributed by atoms with E-state index in [-0.39, 0.29) is 18.1 Å². The van der Waals surface area contributed by atoms with Crippen molar-refractivity contribution in [2.45, 2.75) is 46.0 Å². The summed E-state index contributed by atoms with van der Waals surface area (Å²) in [6.45, 7) is 9.39. The van der Waals surface area contributed by atoms with Crippen LogP contribution in [0.25, 0.3) is 0 Å². The number of rotatable bonds is 6. The SMILES string of the molecule is CC(C)CCC(=O)NCC(C)(C)c1ccc2c(c1)OCO2. The molecule has 1 aromatic carbocycles. The molecule has 4 heteroatoms. The Balaban J connectivity index is 1.93. The fourth-order valence-corrected chi connectivity index (χ4v) is 2.25. The van der Waals surface area contributed by atoms with Gasteiger partial charge in [-0.05, 0) is 30.0 Å². The second kappa shape index (κ2) is 6.37. The van der Waals surface area contributed by atoms with Gasteiger partial charge >= 0.3 is 0 Å². The molecule has 21 heavy (non-hydrogen) atoms. The first-order valence-electron chi connectivity index (χ1n) is 7.55. The normalized spacial score (nSPS) is 13.6. The third-order valence-electron chi connectivity index (χ3n) is 3.83. The van der Waals surface area contributed by atoms with Gasteiger partial charge in [0.05, 0.1) is 0 Å². The molecule has 0 bridgehead atoms. The lowest BCUT2D eigenvalue weighted by Crippen LogP contribution is -2.36. The molecule has 1 amide bonds. The quantitative estimate of drug-likeness (QED) is 0.875. The predicted octanol–water partition coefficient (Wildman–Crippen LogP) is 3.25. The lowest BCUT2D eigenvalue weighted by Gasteiger charge is -2.26. The van der Waals surface area contributed by atoms with Crippen LogP contribution in [0.15, 0.2) is 18.2 Å². The summed E-state index contributed by atoms with van der Waals surface area (Å²) in [5.41, 5.74) is 0.991. The Morgan fingerprint density at radius 1 is 1.29 bits per heavy atom. The third-order valence-corrected chi connectivity index (χ3v) is 3.83. The lowest BCUT2D eigenvalue weighted by atomic mass is 9.84. The summed E-state index contributed by atoms with van der Waals surface area (Å²) in [6, 6.07) is 5.97. The van der Waals surface area contributed by atoms with Crippen LogP contribution in [0, 0.1) is 5.92 Å². The van der Waals surface area contributed by atoms with Crippen LogP contribution in [0.5, 0.6) is 11.5 Å². The molecule has 116 valence electrons. The summed E-state index contributed by atoms with van der Waals surface area (Å²) in [5.74, 6) is 2.25. The number of carbonyl (C=O) groups excluding carboxylic acids is 1. The van der Waals surface area contributed by atoms with Crippen LogP contribution in [0.1, 0.15) is 46.1 Å². The van der Waals surface area contributed by atoms with E-state index < -0.39 is 0 Å². The minimum Gasteiger partial charge on any atom is -0.454 e. The molecule has 4 nitrogen and oxygen atoms in total. The molecule has 0 radical (unpaired) electrons. The molecule has 0 aliphatic carbocycles. The van der Waals surface area contributed by atoms with E-state index in [2.05, 4.69) is 33.0 Å². The molecule has 0 atom stereocenters. The van der Waals surface area contributed by atoms with E-state index in [4.69, 9.17) is 9.47 Å². The number of carbonyl (C=O) groups is 1. The number of hydrogen-bond donors (Lipinski definition) is 1. The van der Waals surface area contributed by atoms with Crippen molar-refractivity contribution in [1.82, 2.24) is 5.32 Å². The van der Waals surface area contributed by atoms with E-state index >= 15 is 0 Å². The molecular weight excluding hydrogens is 266 g/mol. The van der Waals surface area contributed by atoms with Crippen LogP contribution in [-0.4, -0.2) is 19.2 Å². The predicted molar refractivity (Wildman–Crippen MR) is 82.7 cm³/mol. The second-order valence-electron chi connectivity index (χ2n) is 6.66. The first-order valence-corrected chi connectivity index (χ1v) is 7.55. The highest BCUT2D eigenvalue weighted by atomic mass is 16.7. The van der Waals surface area contributed by atoms with Crippen molar-refractivity contribution in [3.63, 3.8) is 0 Å². The van der Waals surface area contributed by atoms with Crippen LogP contribution in [0.4, 0.5) is 0 Å². The summed E-state index contributed by atoms with van der Waals surface area (Å²) < 4.78 is 10.7. The third kappa shape index (κ3) is 4.13. The lowest BCUT2D eigenvalue weighted by molar-refractivity contribution is -0.121. The molecule has 0 saturated heterocycles. The summed E-state index contributed by atoms with van der Waals surface area (Å²) in [4.78, 5) is 11.9. The van der Waals surface area contributed by atoms with Gasteiger partial charge in [-0.15, -0.1) is 0 Å². The second-order valence-corrected chi connectivity index (χ2v) is 6.66. The molecule has 2 rings (SSSR count). The maximum absolute atomic E-state index is 11.9. The largest absolute Gasteiger partial charge is 0.454 e. The Morgan fingerprint density at radius 3 is 2.71 bits per heavy atom. The topological polar surface area (TPSA) is 47.6 Å². The zero-order chi connectivity index (χ0) is 15.5. The molecular formula is C17H25NO3. The van der Waals surface area contributed by atoms with Crippen molar-refractivity contribution in [1.29, 1.82) is 0 Å². The summed E-state index contributed by atoms with van der Waals surface area (Å²) in [7, 11) is 0. The zero-order valence-electron chi connectivity index (χ0n) is 13.4. The summed E-state index contributed by atoms with van der Waals surface area (Å²) >= 11 is 0. The highest BCUT2D eigenvalue weighted by Gasteiger charge is 2.24. The molecule has 0 unspecified atom stereocenters. The minimum absolute atomic E-state index is 0.123. The van der Waals surface area contributed by atoms with Crippen molar-refractivity contribution in [2.24, 2.45) is 5.92 Å². The average molecular weight is 291 g/mol. The Labute approximate surface area is 126 Å². The highest BCUT2D eigenvalue weighted by molar-refractivity contribution is 5.76. The molecule has 1 aliphatic rings. The van der Waals surface area contributed by atoms with E-state index in [9.17, 15) is 4.79 Å². The van der Waals surface area contributed by atoms with E-state index in [0.717, 1.165) is 23.5 Å².